The minimum atomic E-state index is -0.535. The van der Waals surface area contributed by atoms with E-state index >= 15 is 0 Å². The van der Waals surface area contributed by atoms with E-state index in [1.54, 1.807) is 0 Å². The molecule has 0 amide bonds. The van der Waals surface area contributed by atoms with Crippen LogP contribution in [0.1, 0.15) is 22.3 Å². The molecule has 1 aromatic heterocycles. The topological polar surface area (TPSA) is 14.2 Å². The number of para-hydroxylation sites is 1. The van der Waals surface area contributed by atoms with Crippen molar-refractivity contribution in [1.82, 2.24) is 4.57 Å². The Morgan fingerprint density at radius 1 is 0.523 bits per heavy atom. The van der Waals surface area contributed by atoms with Gasteiger partial charge in [0, 0.05) is 27.6 Å². The molecule has 8 aromatic rings. The molecule has 2 nitrogen and oxygen atoms in total. The highest BCUT2D eigenvalue weighted by molar-refractivity contribution is 6.21. The summed E-state index contributed by atoms with van der Waals surface area (Å²) >= 11 is 0. The molecule has 0 saturated carbocycles. The highest BCUT2D eigenvalue weighted by Crippen LogP contribution is 2.63. The van der Waals surface area contributed by atoms with Crippen LogP contribution in [0, 0.1) is 5.82 Å². The van der Waals surface area contributed by atoms with Crippen LogP contribution in [-0.2, 0) is 5.41 Å². The van der Waals surface area contributed by atoms with Crippen LogP contribution >= 0.6 is 0 Å². The Morgan fingerprint density at radius 2 is 1.18 bits per heavy atom. The Hall–Kier alpha value is -5.67. The van der Waals surface area contributed by atoms with Gasteiger partial charge in [-0.25, -0.2) is 4.39 Å². The first kappa shape index (κ1) is 23.8. The Labute approximate surface area is 253 Å². The number of fused-ring (bicyclic) bond motifs is 15. The highest BCUT2D eigenvalue weighted by Gasteiger charge is 2.51. The number of benzene rings is 7. The number of hydrogen-bond acceptors (Lipinski definition) is 1. The van der Waals surface area contributed by atoms with E-state index in [1.807, 2.05) is 12.1 Å². The molecule has 0 atom stereocenters. The lowest BCUT2D eigenvalue weighted by Gasteiger charge is -2.39. The van der Waals surface area contributed by atoms with E-state index in [2.05, 4.69) is 126 Å². The van der Waals surface area contributed by atoms with Crippen molar-refractivity contribution in [3.05, 3.63) is 174 Å². The lowest BCUT2D eigenvalue weighted by molar-refractivity contribution is 0.442. The van der Waals surface area contributed by atoms with Crippen molar-refractivity contribution < 1.29 is 9.13 Å². The molecule has 0 bridgehead atoms. The molecule has 0 saturated heterocycles. The van der Waals surface area contributed by atoms with Gasteiger partial charge in [0.1, 0.15) is 17.3 Å². The summed E-state index contributed by atoms with van der Waals surface area (Å²) in [4.78, 5) is 0. The largest absolute Gasteiger partial charge is 0.456 e. The van der Waals surface area contributed by atoms with Gasteiger partial charge in [0.15, 0.2) is 0 Å². The zero-order valence-electron chi connectivity index (χ0n) is 23.6. The fraction of sp³-hybridized carbons (Fsp3) is 0.0244. The summed E-state index contributed by atoms with van der Waals surface area (Å²) in [5.41, 5.74) is 9.81. The normalized spacial score (nSPS) is 13.9. The standard InChI is InChI=1S/C41H24FNO/c42-26-18-20-27(21-19-26)43-36-24-23-35-40(38(36)31-22-17-25-9-1-2-10-28(25)39(31)43)44-37-16-8-7-15-34(37)41(35)32-13-5-3-11-29(32)30-12-4-6-14-33(30)41/h1-24H. The lowest BCUT2D eigenvalue weighted by Crippen LogP contribution is -2.32. The zero-order chi connectivity index (χ0) is 29.0. The summed E-state index contributed by atoms with van der Waals surface area (Å²) < 4.78 is 23.4. The monoisotopic (exact) mass is 565 g/mol. The number of halogens is 1. The first-order valence-corrected chi connectivity index (χ1v) is 15.0. The minimum Gasteiger partial charge on any atom is -0.456 e. The van der Waals surface area contributed by atoms with Crippen molar-refractivity contribution in [3.63, 3.8) is 0 Å². The van der Waals surface area contributed by atoms with Gasteiger partial charge in [-0.15, -0.1) is 0 Å². The van der Waals surface area contributed by atoms with Gasteiger partial charge in [-0.05, 0) is 64.0 Å². The second-order valence-electron chi connectivity index (χ2n) is 11.8. The second kappa shape index (κ2) is 8.46. The van der Waals surface area contributed by atoms with Gasteiger partial charge < -0.3 is 9.30 Å². The van der Waals surface area contributed by atoms with Crippen LogP contribution in [0.2, 0.25) is 0 Å². The fourth-order valence-electron chi connectivity index (χ4n) is 8.03. The van der Waals surface area contributed by atoms with Crippen LogP contribution in [0.5, 0.6) is 11.5 Å². The van der Waals surface area contributed by atoms with Crippen LogP contribution in [0.3, 0.4) is 0 Å². The molecular formula is C41H24FNO. The number of ether oxygens (including phenoxy) is 1. The molecule has 1 aliphatic heterocycles. The number of aromatic nitrogens is 1. The molecule has 0 N–H and O–H groups in total. The van der Waals surface area contributed by atoms with Gasteiger partial charge in [-0.3, -0.25) is 0 Å². The first-order valence-electron chi connectivity index (χ1n) is 15.0. The smallest absolute Gasteiger partial charge is 0.142 e. The number of nitrogens with zero attached hydrogens (tertiary/aromatic N) is 1. The minimum absolute atomic E-state index is 0.253. The molecular weight excluding hydrogens is 541 g/mol. The van der Waals surface area contributed by atoms with E-state index in [1.165, 1.54) is 34.4 Å². The van der Waals surface area contributed by atoms with E-state index in [0.29, 0.717) is 0 Å². The molecule has 10 rings (SSSR count). The Kier molecular flexibility index (Phi) is 4.58. The summed E-state index contributed by atoms with van der Waals surface area (Å²) in [5.74, 6) is 1.48. The molecule has 206 valence electrons. The predicted molar refractivity (Wildman–Crippen MR) is 176 cm³/mol. The second-order valence-corrected chi connectivity index (χ2v) is 11.8. The summed E-state index contributed by atoms with van der Waals surface area (Å²) in [6.45, 7) is 0. The molecule has 3 heteroatoms. The molecule has 44 heavy (non-hydrogen) atoms. The van der Waals surface area contributed by atoms with Gasteiger partial charge in [-0.1, -0.05) is 109 Å². The maximum Gasteiger partial charge on any atom is 0.142 e. The van der Waals surface area contributed by atoms with Gasteiger partial charge in [0.25, 0.3) is 0 Å². The van der Waals surface area contributed by atoms with E-state index in [0.717, 1.165) is 60.9 Å². The number of rotatable bonds is 1. The molecule has 2 aliphatic rings. The van der Waals surface area contributed by atoms with Crippen molar-refractivity contribution in [3.8, 4) is 28.3 Å². The summed E-state index contributed by atoms with van der Waals surface area (Å²) in [6, 6.07) is 50.2. The average Bonchev–Trinajstić information content (AvgIpc) is 3.57. The van der Waals surface area contributed by atoms with E-state index in [4.69, 9.17) is 4.74 Å². The summed E-state index contributed by atoms with van der Waals surface area (Å²) in [6.07, 6.45) is 0. The third-order valence-electron chi connectivity index (χ3n) is 9.71. The molecule has 1 aliphatic carbocycles. The van der Waals surface area contributed by atoms with Gasteiger partial charge in [0.2, 0.25) is 0 Å². The van der Waals surface area contributed by atoms with Gasteiger partial charge in [0.05, 0.1) is 21.8 Å². The lowest BCUT2D eigenvalue weighted by atomic mass is 9.66. The average molecular weight is 566 g/mol. The quantitative estimate of drug-likeness (QED) is 0.193. The molecule has 0 unspecified atom stereocenters. The van der Waals surface area contributed by atoms with E-state index in [9.17, 15) is 4.39 Å². The predicted octanol–water partition coefficient (Wildman–Crippen LogP) is 10.5. The van der Waals surface area contributed by atoms with Gasteiger partial charge >= 0.3 is 0 Å². The molecule has 1 spiro atoms. The van der Waals surface area contributed by atoms with Crippen molar-refractivity contribution in [2.75, 3.05) is 0 Å². The van der Waals surface area contributed by atoms with E-state index in [-0.39, 0.29) is 5.82 Å². The third kappa shape index (κ3) is 2.84. The highest BCUT2D eigenvalue weighted by atomic mass is 19.1. The number of hydrogen-bond donors (Lipinski definition) is 0. The third-order valence-corrected chi connectivity index (χ3v) is 9.71. The van der Waals surface area contributed by atoms with Crippen molar-refractivity contribution >= 4 is 32.6 Å². The van der Waals surface area contributed by atoms with Crippen molar-refractivity contribution in [1.29, 1.82) is 0 Å². The molecule has 7 aromatic carbocycles. The van der Waals surface area contributed by atoms with Crippen LogP contribution in [-0.4, -0.2) is 4.57 Å². The van der Waals surface area contributed by atoms with Crippen molar-refractivity contribution in [2.45, 2.75) is 5.41 Å². The molecule has 0 radical (unpaired) electrons. The fourth-order valence-corrected chi connectivity index (χ4v) is 8.03. The maximum atomic E-state index is 14.2. The van der Waals surface area contributed by atoms with Crippen LogP contribution in [0.15, 0.2) is 146 Å². The summed E-state index contributed by atoms with van der Waals surface area (Å²) in [5, 5.41) is 4.46. The Bertz CT molecular complexity index is 2440. The van der Waals surface area contributed by atoms with Crippen LogP contribution in [0.4, 0.5) is 4.39 Å². The molecule has 0 fully saturated rings. The summed E-state index contributed by atoms with van der Waals surface area (Å²) in [7, 11) is 0. The van der Waals surface area contributed by atoms with Crippen LogP contribution in [0.25, 0.3) is 49.4 Å². The van der Waals surface area contributed by atoms with Gasteiger partial charge in [-0.2, -0.15) is 0 Å². The Balaban J connectivity index is 1.42. The van der Waals surface area contributed by atoms with Crippen LogP contribution < -0.4 is 4.74 Å². The van der Waals surface area contributed by atoms with Crippen molar-refractivity contribution in [2.24, 2.45) is 0 Å². The van der Waals surface area contributed by atoms with E-state index < -0.39 is 5.41 Å². The molecule has 2 heterocycles. The zero-order valence-corrected chi connectivity index (χ0v) is 23.6. The maximum absolute atomic E-state index is 14.2. The Morgan fingerprint density at radius 3 is 1.95 bits per heavy atom. The first-order chi connectivity index (χ1) is 21.7. The SMILES string of the molecule is Fc1ccc(-n2c3ccc4c(c3c3ccc5ccccc5c32)Oc2ccccc2C42c3ccccc3-c3ccccc32)cc1.